The van der Waals surface area contributed by atoms with Crippen LogP contribution >= 0.6 is 0 Å². The van der Waals surface area contributed by atoms with E-state index in [2.05, 4.69) is 0 Å². The lowest BCUT2D eigenvalue weighted by atomic mass is 9.95. The Balaban J connectivity index is 1.17. The first-order valence-corrected chi connectivity index (χ1v) is 17.0. The van der Waals surface area contributed by atoms with Gasteiger partial charge in [0.1, 0.15) is 96.1 Å². The molecule has 20 heteroatoms. The Bertz CT molecular complexity index is 1620. The molecule has 0 spiro atoms. The molecule has 6 rings (SSSR count). The molecule has 2 aromatic carbocycles. The maximum atomic E-state index is 13.3. The molecule has 0 aromatic heterocycles. The number of carbonyl (C=O) groups is 1. The molecule has 2 aromatic rings. The van der Waals surface area contributed by atoms with Gasteiger partial charge in [0.2, 0.25) is 12.6 Å². The van der Waals surface area contributed by atoms with Gasteiger partial charge in [-0.1, -0.05) is 6.07 Å². The summed E-state index contributed by atoms with van der Waals surface area (Å²) in [5.41, 5.74) is 0.180. The van der Waals surface area contributed by atoms with Crippen LogP contribution in [0.1, 0.15) is 35.4 Å². The third-order valence-corrected chi connectivity index (χ3v) is 9.78. The molecule has 0 saturated carbocycles. The molecule has 54 heavy (non-hydrogen) atoms. The quantitative estimate of drug-likeness (QED) is 0.111. The number of carbonyl (C=O) groups excluding carboxylic acids is 1. The van der Waals surface area contributed by atoms with E-state index in [-0.39, 0.29) is 35.0 Å². The highest BCUT2D eigenvalue weighted by molar-refractivity contribution is 6.02. The normalized spacial score (nSPS) is 39.7. The molecule has 16 atom stereocenters. The number of benzene rings is 2. The first kappa shape index (κ1) is 40.2. The number of methoxy groups -OCH3 is 1. The highest BCUT2D eigenvalue weighted by Crippen LogP contribution is 2.44. The summed E-state index contributed by atoms with van der Waals surface area (Å²) in [5, 5.41) is 113. The first-order chi connectivity index (χ1) is 25.6. The maximum Gasteiger partial charge on any atom is 0.229 e. The summed E-state index contributed by atoms with van der Waals surface area (Å²) in [4.78, 5) is 13.3. The predicted octanol–water partition coefficient (Wildman–Crippen LogP) is -3.68. The largest absolute Gasteiger partial charge is 0.507 e. The Morgan fingerprint density at radius 3 is 1.98 bits per heavy atom. The number of hydrogen-bond donors (Lipinski definition) is 11. The van der Waals surface area contributed by atoms with E-state index in [4.69, 9.17) is 37.9 Å². The number of rotatable bonds is 10. The van der Waals surface area contributed by atoms with Crippen LogP contribution in [0, 0.1) is 0 Å². The van der Waals surface area contributed by atoms with E-state index in [1.165, 1.54) is 32.2 Å². The van der Waals surface area contributed by atoms with Crippen molar-refractivity contribution in [3.8, 4) is 28.7 Å². The molecular formula is C34H44O20. The topological polar surface area (TPSA) is 313 Å². The van der Waals surface area contributed by atoms with E-state index in [1.807, 2.05) is 0 Å². The van der Waals surface area contributed by atoms with Crippen molar-refractivity contribution in [1.82, 2.24) is 0 Å². The van der Waals surface area contributed by atoms with Crippen LogP contribution in [0.3, 0.4) is 0 Å². The minimum Gasteiger partial charge on any atom is -0.507 e. The van der Waals surface area contributed by atoms with Gasteiger partial charge in [-0.3, -0.25) is 4.79 Å². The van der Waals surface area contributed by atoms with E-state index >= 15 is 0 Å². The van der Waals surface area contributed by atoms with Gasteiger partial charge in [0.25, 0.3) is 0 Å². The molecule has 3 saturated heterocycles. The molecule has 1 unspecified atom stereocenters. The molecule has 0 aliphatic carbocycles. The lowest BCUT2D eigenvalue weighted by molar-refractivity contribution is -0.318. The smallest absolute Gasteiger partial charge is 0.229 e. The molecule has 0 bridgehead atoms. The van der Waals surface area contributed by atoms with Gasteiger partial charge in [0.05, 0.1) is 32.8 Å². The number of fused-ring (bicyclic) bond motifs is 1. The molecule has 11 N–H and O–H groups in total. The second kappa shape index (κ2) is 16.3. The minimum atomic E-state index is -1.83. The fraction of sp³-hybridized carbons (Fsp3) is 0.618. The molecule has 3 fully saturated rings. The second-order valence-electron chi connectivity index (χ2n) is 13.4. The van der Waals surface area contributed by atoms with Gasteiger partial charge in [-0.15, -0.1) is 0 Å². The minimum absolute atomic E-state index is 0.0170. The monoisotopic (exact) mass is 772 g/mol. The third-order valence-electron chi connectivity index (χ3n) is 9.78. The number of aliphatic hydroxyl groups is 10. The van der Waals surface area contributed by atoms with Crippen LogP contribution in [-0.4, -0.2) is 174 Å². The van der Waals surface area contributed by atoms with Gasteiger partial charge in [-0.2, -0.15) is 0 Å². The number of phenolic OH excluding ortho intramolecular Hbond substituents is 1. The zero-order chi connectivity index (χ0) is 39.2. The van der Waals surface area contributed by atoms with Crippen LogP contribution in [0.5, 0.6) is 28.7 Å². The van der Waals surface area contributed by atoms with Crippen LogP contribution in [0.2, 0.25) is 0 Å². The van der Waals surface area contributed by atoms with Crippen LogP contribution in [0.4, 0.5) is 0 Å². The van der Waals surface area contributed by atoms with Crippen molar-refractivity contribution < 1.29 is 98.9 Å². The van der Waals surface area contributed by atoms with Crippen molar-refractivity contribution in [2.24, 2.45) is 0 Å². The summed E-state index contributed by atoms with van der Waals surface area (Å²) in [6.45, 7) is 0.219. The Labute approximate surface area is 306 Å². The molecule has 4 heterocycles. The first-order valence-electron chi connectivity index (χ1n) is 17.0. The van der Waals surface area contributed by atoms with Gasteiger partial charge >= 0.3 is 0 Å². The average Bonchev–Trinajstić information content (AvgIpc) is 3.15. The van der Waals surface area contributed by atoms with Gasteiger partial charge in [-0.05, 0) is 24.6 Å². The molecule has 0 radical (unpaired) electrons. The Kier molecular flexibility index (Phi) is 12.2. The molecule has 300 valence electrons. The zero-order valence-electron chi connectivity index (χ0n) is 28.8. The Morgan fingerprint density at radius 1 is 0.704 bits per heavy atom. The number of aromatic hydroxyl groups is 1. The summed E-state index contributed by atoms with van der Waals surface area (Å²) in [5.74, 6) is -1.26. The van der Waals surface area contributed by atoms with Crippen molar-refractivity contribution in [3.05, 3.63) is 41.5 Å². The molecule has 0 amide bonds. The van der Waals surface area contributed by atoms with Crippen molar-refractivity contribution in [2.75, 3.05) is 20.3 Å². The molecule has 4 aliphatic heterocycles. The van der Waals surface area contributed by atoms with Gasteiger partial charge < -0.3 is 94.1 Å². The number of ketones is 1. The SMILES string of the molecule is COc1ccc(C2CC(=O)c3c(O)cc(O[C@@H]4O[C@H](CO[C@@H]5O[C@@H](C)[C@H](O)[C@@H](O)[C@H]5O)[C@@H](O)[C@H](O)[C@H]4O)cc3O2)cc1O[C@@H]1O[C@H](CO)[C@@H](O)[C@H](O)[C@H]1O. The summed E-state index contributed by atoms with van der Waals surface area (Å²) in [7, 11) is 1.34. The van der Waals surface area contributed by atoms with Crippen LogP contribution in [0.15, 0.2) is 30.3 Å². The summed E-state index contributed by atoms with van der Waals surface area (Å²) in [6, 6.07) is 6.74. The molecule has 4 aliphatic rings. The summed E-state index contributed by atoms with van der Waals surface area (Å²) < 4.78 is 45.0. The van der Waals surface area contributed by atoms with Crippen LogP contribution in [0.25, 0.3) is 0 Å². The fourth-order valence-corrected chi connectivity index (χ4v) is 6.57. The Morgan fingerprint density at radius 2 is 1.31 bits per heavy atom. The van der Waals surface area contributed by atoms with E-state index in [0.717, 1.165) is 6.07 Å². The Hall–Kier alpha value is -3.45. The molecular weight excluding hydrogens is 728 g/mol. The number of phenols is 1. The van der Waals surface area contributed by atoms with Crippen LogP contribution < -0.4 is 18.9 Å². The lowest BCUT2D eigenvalue weighted by Gasteiger charge is -2.42. The van der Waals surface area contributed by atoms with Crippen molar-refractivity contribution >= 4 is 5.78 Å². The summed E-state index contributed by atoms with van der Waals surface area (Å²) in [6.07, 6.45) is -24.5. The lowest BCUT2D eigenvalue weighted by Crippen LogP contribution is -2.61. The van der Waals surface area contributed by atoms with Crippen molar-refractivity contribution in [1.29, 1.82) is 0 Å². The van der Waals surface area contributed by atoms with E-state index in [9.17, 15) is 61.0 Å². The summed E-state index contributed by atoms with van der Waals surface area (Å²) >= 11 is 0. The zero-order valence-corrected chi connectivity index (χ0v) is 28.8. The van der Waals surface area contributed by atoms with Crippen molar-refractivity contribution in [3.63, 3.8) is 0 Å². The maximum absolute atomic E-state index is 13.3. The number of Topliss-reactive ketones (excluding diaryl/α,β-unsaturated/α-hetero) is 1. The number of hydrogen-bond acceptors (Lipinski definition) is 20. The molecule has 20 nitrogen and oxygen atoms in total. The van der Waals surface area contributed by atoms with Crippen molar-refractivity contribution in [2.45, 2.75) is 112 Å². The third kappa shape index (κ3) is 7.81. The fourth-order valence-electron chi connectivity index (χ4n) is 6.57. The average molecular weight is 773 g/mol. The second-order valence-corrected chi connectivity index (χ2v) is 13.4. The van der Waals surface area contributed by atoms with E-state index in [1.54, 1.807) is 6.07 Å². The van der Waals surface area contributed by atoms with E-state index in [0.29, 0.717) is 5.56 Å². The predicted molar refractivity (Wildman–Crippen MR) is 173 cm³/mol. The van der Waals surface area contributed by atoms with Gasteiger partial charge in [-0.25, -0.2) is 0 Å². The van der Waals surface area contributed by atoms with Gasteiger partial charge in [0.15, 0.2) is 23.6 Å². The number of aliphatic hydroxyl groups excluding tert-OH is 10. The standard InChI is InChI=1S/C34H44O20/c1-11-23(38)26(41)29(44)32(49-11)48-10-21-25(40)28(43)30(45)33(54-21)50-13-6-14(36)22-15(37)8-17(51-19(22)7-13)12-3-4-16(47-2)18(5-12)52-34-31(46)27(42)24(39)20(9-35)53-34/h3-7,11,17,20-21,23-36,38-46H,8-10H2,1-2H3/t11-,17?,20+,21+,23-,24+,25+,26+,27-,28-,29+,30+,31+,32+,33+,34+/m0/s1. The van der Waals surface area contributed by atoms with E-state index < -0.39 is 123 Å². The van der Waals surface area contributed by atoms with Crippen LogP contribution in [-0.2, 0) is 18.9 Å². The van der Waals surface area contributed by atoms with Gasteiger partial charge in [0, 0.05) is 12.1 Å². The highest BCUT2D eigenvalue weighted by Gasteiger charge is 2.48. The highest BCUT2D eigenvalue weighted by atomic mass is 16.7. The number of ether oxygens (including phenoxy) is 8.